The van der Waals surface area contributed by atoms with E-state index in [1.165, 1.54) is 38.8 Å². The Kier molecular flexibility index (Phi) is 4.64. The van der Waals surface area contributed by atoms with Crippen molar-refractivity contribution in [1.82, 2.24) is 4.90 Å². The molecule has 0 aliphatic carbocycles. The van der Waals surface area contributed by atoms with Gasteiger partial charge in [-0.1, -0.05) is 26.7 Å². The molecule has 1 nitrogen and oxygen atoms in total. The van der Waals surface area contributed by atoms with E-state index in [0.29, 0.717) is 5.54 Å². The zero-order valence-corrected chi connectivity index (χ0v) is 11.3. The average Bonchev–Trinajstić information content (AvgIpc) is 2.14. The average molecular weight is 211 g/mol. The predicted octanol–water partition coefficient (Wildman–Crippen LogP) is 3.93. The van der Waals surface area contributed by atoms with Gasteiger partial charge in [0.15, 0.2) is 0 Å². The van der Waals surface area contributed by atoms with E-state index >= 15 is 0 Å². The number of hydrogen-bond donors (Lipinski definition) is 0. The molecule has 1 rings (SSSR count). The summed E-state index contributed by atoms with van der Waals surface area (Å²) in [7, 11) is 0. The number of hydrogen-bond acceptors (Lipinski definition) is 1. The minimum atomic E-state index is 0.378. The fourth-order valence-corrected chi connectivity index (χ4v) is 2.46. The third-order valence-corrected chi connectivity index (χ3v) is 3.72. The second-order valence-corrected chi connectivity index (χ2v) is 6.57. The van der Waals surface area contributed by atoms with Crippen molar-refractivity contribution in [3.05, 3.63) is 0 Å². The molecule has 1 aliphatic heterocycles. The lowest BCUT2D eigenvalue weighted by Crippen LogP contribution is -2.46. The second kappa shape index (κ2) is 5.34. The van der Waals surface area contributed by atoms with E-state index in [0.717, 1.165) is 11.8 Å². The van der Waals surface area contributed by atoms with Crippen LogP contribution < -0.4 is 0 Å². The summed E-state index contributed by atoms with van der Waals surface area (Å²) in [5, 5.41) is 0. The van der Waals surface area contributed by atoms with E-state index in [4.69, 9.17) is 0 Å². The highest BCUT2D eigenvalue weighted by Gasteiger charge is 2.26. The molecule has 0 unspecified atom stereocenters. The first-order valence-electron chi connectivity index (χ1n) is 6.64. The molecule has 1 fully saturated rings. The minimum absolute atomic E-state index is 0.378. The molecule has 1 aliphatic rings. The maximum atomic E-state index is 2.64. The van der Waals surface area contributed by atoms with Crippen molar-refractivity contribution in [2.45, 2.75) is 65.8 Å². The maximum Gasteiger partial charge on any atom is 0.0125 e. The van der Waals surface area contributed by atoms with Crippen molar-refractivity contribution in [3.63, 3.8) is 0 Å². The summed E-state index contributed by atoms with van der Waals surface area (Å²) in [6, 6.07) is 0. The summed E-state index contributed by atoms with van der Waals surface area (Å²) in [5.41, 5.74) is 0.378. The second-order valence-electron chi connectivity index (χ2n) is 6.57. The molecule has 0 amide bonds. The van der Waals surface area contributed by atoms with Gasteiger partial charge in [-0.05, 0) is 58.5 Å². The van der Waals surface area contributed by atoms with Crippen LogP contribution >= 0.6 is 0 Å². The maximum absolute atomic E-state index is 2.64. The van der Waals surface area contributed by atoms with E-state index in [1.54, 1.807) is 0 Å². The van der Waals surface area contributed by atoms with Crippen LogP contribution in [0.4, 0.5) is 0 Å². The molecule has 0 bridgehead atoms. The number of rotatable bonds is 3. The number of nitrogens with zero attached hydrogens (tertiary/aromatic N) is 1. The lowest BCUT2D eigenvalue weighted by molar-refractivity contribution is 0.0839. The summed E-state index contributed by atoms with van der Waals surface area (Å²) < 4.78 is 0. The van der Waals surface area contributed by atoms with Crippen molar-refractivity contribution < 1.29 is 0 Å². The third kappa shape index (κ3) is 4.55. The summed E-state index contributed by atoms with van der Waals surface area (Å²) in [5.74, 6) is 1.89. The van der Waals surface area contributed by atoms with Crippen molar-refractivity contribution >= 4 is 0 Å². The van der Waals surface area contributed by atoms with E-state index in [-0.39, 0.29) is 0 Å². The molecule has 0 radical (unpaired) electrons. The van der Waals surface area contributed by atoms with Gasteiger partial charge in [-0.2, -0.15) is 0 Å². The van der Waals surface area contributed by atoms with Crippen LogP contribution in [-0.4, -0.2) is 23.5 Å². The Morgan fingerprint density at radius 2 is 1.67 bits per heavy atom. The van der Waals surface area contributed by atoms with Crippen LogP contribution in [0.1, 0.15) is 60.3 Å². The van der Waals surface area contributed by atoms with Gasteiger partial charge in [0, 0.05) is 5.54 Å². The highest BCUT2D eigenvalue weighted by Crippen LogP contribution is 2.27. The fourth-order valence-electron chi connectivity index (χ4n) is 2.46. The Bertz CT molecular complexity index is 170. The topological polar surface area (TPSA) is 3.24 Å². The van der Waals surface area contributed by atoms with Crippen molar-refractivity contribution in [3.8, 4) is 0 Å². The first-order chi connectivity index (χ1) is 6.89. The lowest BCUT2D eigenvalue weighted by Gasteiger charge is -2.41. The van der Waals surface area contributed by atoms with Crippen LogP contribution in [0.2, 0.25) is 0 Å². The lowest BCUT2D eigenvalue weighted by atomic mass is 9.88. The summed E-state index contributed by atoms with van der Waals surface area (Å²) in [4.78, 5) is 2.64. The van der Waals surface area contributed by atoms with E-state index in [1.807, 2.05) is 0 Å². The van der Waals surface area contributed by atoms with Crippen LogP contribution in [0.25, 0.3) is 0 Å². The Morgan fingerprint density at radius 1 is 1.13 bits per heavy atom. The van der Waals surface area contributed by atoms with Gasteiger partial charge in [-0.25, -0.2) is 0 Å². The molecule has 0 aromatic carbocycles. The quantitative estimate of drug-likeness (QED) is 0.683. The van der Waals surface area contributed by atoms with Gasteiger partial charge in [0.2, 0.25) is 0 Å². The van der Waals surface area contributed by atoms with Gasteiger partial charge in [-0.3, -0.25) is 4.90 Å². The Labute approximate surface area is 96.2 Å². The normalized spacial score (nSPS) is 21.2. The van der Waals surface area contributed by atoms with E-state index < -0.39 is 0 Å². The van der Waals surface area contributed by atoms with E-state index in [9.17, 15) is 0 Å². The number of piperidine rings is 1. The summed E-state index contributed by atoms with van der Waals surface area (Å²) in [6.45, 7) is 14.3. The molecule has 0 aromatic rings. The minimum Gasteiger partial charge on any atom is -0.298 e. The summed E-state index contributed by atoms with van der Waals surface area (Å²) >= 11 is 0. The van der Waals surface area contributed by atoms with E-state index in [2.05, 4.69) is 39.5 Å². The molecular formula is C14H29N. The van der Waals surface area contributed by atoms with Crippen molar-refractivity contribution in [2.24, 2.45) is 11.8 Å². The molecule has 1 saturated heterocycles. The van der Waals surface area contributed by atoms with Gasteiger partial charge in [-0.15, -0.1) is 0 Å². The highest BCUT2D eigenvalue weighted by atomic mass is 15.2. The van der Waals surface area contributed by atoms with Gasteiger partial charge in [0.05, 0.1) is 0 Å². The Hall–Kier alpha value is -0.0400. The monoisotopic (exact) mass is 211 g/mol. The SMILES string of the molecule is CC(C)CCC1CCN(C(C)(C)C)CC1. The first-order valence-corrected chi connectivity index (χ1v) is 6.64. The van der Waals surface area contributed by atoms with Crippen molar-refractivity contribution in [2.75, 3.05) is 13.1 Å². The molecule has 0 spiro atoms. The molecule has 1 heterocycles. The van der Waals surface area contributed by atoms with Crippen LogP contribution in [0.3, 0.4) is 0 Å². The standard InChI is InChI=1S/C14H29N/c1-12(2)6-7-13-8-10-15(11-9-13)14(3,4)5/h12-13H,6-11H2,1-5H3. The largest absolute Gasteiger partial charge is 0.298 e. The Morgan fingerprint density at radius 3 is 2.07 bits per heavy atom. The van der Waals surface area contributed by atoms with Gasteiger partial charge in [0.1, 0.15) is 0 Å². The van der Waals surface area contributed by atoms with Crippen LogP contribution in [-0.2, 0) is 0 Å². The molecular weight excluding hydrogens is 182 g/mol. The molecule has 0 aromatic heterocycles. The zero-order chi connectivity index (χ0) is 11.5. The number of likely N-dealkylation sites (tertiary alicyclic amines) is 1. The zero-order valence-electron chi connectivity index (χ0n) is 11.3. The van der Waals surface area contributed by atoms with Crippen LogP contribution in [0, 0.1) is 11.8 Å². The van der Waals surface area contributed by atoms with Gasteiger partial charge >= 0.3 is 0 Å². The molecule has 1 heteroatoms. The molecule has 90 valence electrons. The third-order valence-electron chi connectivity index (χ3n) is 3.72. The molecule has 15 heavy (non-hydrogen) atoms. The summed E-state index contributed by atoms with van der Waals surface area (Å²) in [6.07, 6.45) is 5.71. The van der Waals surface area contributed by atoms with Gasteiger partial charge < -0.3 is 0 Å². The van der Waals surface area contributed by atoms with Crippen LogP contribution in [0.5, 0.6) is 0 Å². The molecule has 0 saturated carbocycles. The van der Waals surface area contributed by atoms with Crippen molar-refractivity contribution in [1.29, 1.82) is 0 Å². The smallest absolute Gasteiger partial charge is 0.0125 e. The van der Waals surface area contributed by atoms with Gasteiger partial charge in [0.25, 0.3) is 0 Å². The van der Waals surface area contributed by atoms with Crippen LogP contribution in [0.15, 0.2) is 0 Å². The predicted molar refractivity (Wildman–Crippen MR) is 68.1 cm³/mol. The molecule has 0 atom stereocenters. The highest BCUT2D eigenvalue weighted by molar-refractivity contribution is 4.81. The first kappa shape index (κ1) is 13.0. The fraction of sp³-hybridized carbons (Fsp3) is 1.00. The molecule has 0 N–H and O–H groups in total. The Balaban J connectivity index is 2.24.